The van der Waals surface area contributed by atoms with Gasteiger partial charge >= 0.3 is 6.03 Å². The Labute approximate surface area is 313 Å². The molecule has 2 fully saturated rings. The molecule has 5 aromatic rings. The first-order chi connectivity index (χ1) is 26.0. The van der Waals surface area contributed by atoms with Crippen LogP contribution < -0.4 is 10.6 Å². The van der Waals surface area contributed by atoms with Crippen LogP contribution in [0.3, 0.4) is 0 Å². The van der Waals surface area contributed by atoms with E-state index in [1.165, 1.54) is 5.56 Å². The second kappa shape index (κ2) is 17.8. The number of hydrogen-bond acceptors (Lipinski definition) is 6. The number of piperazine rings is 1. The third kappa shape index (κ3) is 9.79. The molecule has 2 saturated heterocycles. The molecular formula is C45H50N4O4. The molecule has 0 bridgehead atoms. The van der Waals surface area contributed by atoms with E-state index in [9.17, 15) is 9.90 Å². The zero-order valence-corrected chi connectivity index (χ0v) is 30.4. The Bertz CT molecular complexity index is 1900. The van der Waals surface area contributed by atoms with Crippen LogP contribution in [0.4, 0.5) is 4.79 Å². The maximum atomic E-state index is 12.5. The summed E-state index contributed by atoms with van der Waals surface area (Å²) in [5.41, 5.74) is 8.47. The van der Waals surface area contributed by atoms with Gasteiger partial charge in [-0.15, -0.1) is 0 Å². The second-order valence-electron chi connectivity index (χ2n) is 14.2. The number of nitrogens with zero attached hydrogens (tertiary/aromatic N) is 2. The second-order valence-corrected chi connectivity index (χ2v) is 14.2. The molecule has 0 saturated carbocycles. The fraction of sp³-hybridized carbons (Fsp3) is 0.311. The minimum absolute atomic E-state index is 0.0114. The van der Waals surface area contributed by atoms with Crippen molar-refractivity contribution in [1.29, 1.82) is 0 Å². The minimum Gasteiger partial charge on any atom is -0.392 e. The van der Waals surface area contributed by atoms with Crippen LogP contribution in [0.15, 0.2) is 133 Å². The number of carbonyl (C=O) groups is 1. The molecule has 0 unspecified atom stereocenters. The normalized spacial score (nSPS) is 20.9. The minimum atomic E-state index is -0.545. The van der Waals surface area contributed by atoms with Crippen LogP contribution >= 0.6 is 0 Å². The van der Waals surface area contributed by atoms with Gasteiger partial charge in [-0.25, -0.2) is 4.79 Å². The zero-order chi connectivity index (χ0) is 36.4. The Morgan fingerprint density at radius 1 is 0.642 bits per heavy atom. The van der Waals surface area contributed by atoms with E-state index in [2.05, 4.69) is 106 Å². The van der Waals surface area contributed by atoms with Crippen LogP contribution in [0.1, 0.15) is 52.7 Å². The molecule has 53 heavy (non-hydrogen) atoms. The molecule has 0 radical (unpaired) electrons. The van der Waals surface area contributed by atoms with Gasteiger partial charge in [0.2, 0.25) is 0 Å². The number of aliphatic hydroxyl groups is 1. The molecule has 0 spiro atoms. The van der Waals surface area contributed by atoms with Gasteiger partial charge in [0.1, 0.15) is 0 Å². The molecule has 2 amide bonds. The van der Waals surface area contributed by atoms with Crippen LogP contribution in [-0.4, -0.2) is 59.8 Å². The third-order valence-corrected chi connectivity index (χ3v) is 10.4. The Kier molecular flexibility index (Phi) is 12.3. The molecule has 8 nitrogen and oxygen atoms in total. The number of carbonyl (C=O) groups excluding carboxylic acids is 1. The molecule has 3 N–H and O–H groups in total. The fourth-order valence-electron chi connectivity index (χ4n) is 7.30. The summed E-state index contributed by atoms with van der Waals surface area (Å²) < 4.78 is 13.7. The Morgan fingerprint density at radius 3 is 1.94 bits per heavy atom. The first kappa shape index (κ1) is 36.5. The van der Waals surface area contributed by atoms with Crippen molar-refractivity contribution in [2.24, 2.45) is 5.92 Å². The van der Waals surface area contributed by atoms with E-state index >= 15 is 0 Å². The summed E-state index contributed by atoms with van der Waals surface area (Å²) in [6.45, 7) is 8.99. The average molecular weight is 711 g/mol. The smallest absolute Gasteiger partial charge is 0.315 e. The van der Waals surface area contributed by atoms with Gasteiger partial charge in [-0.3, -0.25) is 9.80 Å². The number of hydrogen-bond donors (Lipinski definition) is 3. The van der Waals surface area contributed by atoms with Gasteiger partial charge in [-0.2, -0.15) is 0 Å². The van der Waals surface area contributed by atoms with E-state index in [0.29, 0.717) is 13.1 Å². The van der Waals surface area contributed by atoms with Gasteiger partial charge in [-0.05, 0) is 51.1 Å². The molecule has 0 aromatic heterocycles. The molecule has 4 atom stereocenters. The summed E-state index contributed by atoms with van der Waals surface area (Å²) in [4.78, 5) is 17.6. The van der Waals surface area contributed by atoms with E-state index < -0.39 is 6.29 Å². The van der Waals surface area contributed by atoms with Crippen molar-refractivity contribution in [3.63, 3.8) is 0 Å². The molecule has 5 aromatic carbocycles. The van der Waals surface area contributed by atoms with Gasteiger partial charge < -0.3 is 25.2 Å². The summed E-state index contributed by atoms with van der Waals surface area (Å²) in [5, 5.41) is 15.6. The average Bonchev–Trinajstić information content (AvgIpc) is 3.22. The van der Waals surface area contributed by atoms with E-state index in [1.807, 2.05) is 54.6 Å². The van der Waals surface area contributed by atoms with E-state index in [-0.39, 0.29) is 30.8 Å². The molecule has 8 heteroatoms. The number of amides is 2. The molecule has 2 heterocycles. The highest BCUT2D eigenvalue weighted by Gasteiger charge is 2.39. The van der Waals surface area contributed by atoms with Crippen molar-refractivity contribution in [3.05, 3.63) is 167 Å². The largest absolute Gasteiger partial charge is 0.392 e. The van der Waals surface area contributed by atoms with Crippen LogP contribution in [0.2, 0.25) is 0 Å². The quantitative estimate of drug-likeness (QED) is 0.125. The van der Waals surface area contributed by atoms with Crippen molar-refractivity contribution in [2.75, 3.05) is 32.7 Å². The fourth-order valence-corrected chi connectivity index (χ4v) is 7.30. The standard InChI is InChI=1S/C45H50N4O4/c1-33-42(31-49-24-22-48(23-25-49)30-35-12-6-3-7-13-35)52-44(53-43(33)38-20-18-36(32-50)19-21-38)41-17-9-16-40(27-41)39-15-8-14-37(26-39)29-47-45(51)46-28-34-10-4-2-5-11-34/h2-21,26-27,33,42-44,50H,22-25,28-32H2,1H3,(H2,46,47,51)/t33-,42+,43+,44+/m0/s1. The van der Waals surface area contributed by atoms with Gasteiger partial charge in [0.15, 0.2) is 6.29 Å². The van der Waals surface area contributed by atoms with Gasteiger partial charge in [-0.1, -0.05) is 128 Å². The zero-order valence-electron chi connectivity index (χ0n) is 30.4. The molecule has 274 valence electrons. The number of nitrogens with one attached hydrogen (secondary N) is 2. The van der Waals surface area contributed by atoms with Crippen molar-refractivity contribution in [1.82, 2.24) is 20.4 Å². The number of rotatable bonds is 12. The van der Waals surface area contributed by atoms with E-state index in [0.717, 1.165) is 78.2 Å². The van der Waals surface area contributed by atoms with Crippen LogP contribution in [0, 0.1) is 5.92 Å². The van der Waals surface area contributed by atoms with E-state index in [4.69, 9.17) is 9.47 Å². The lowest BCUT2D eigenvalue weighted by molar-refractivity contribution is -0.276. The van der Waals surface area contributed by atoms with Crippen molar-refractivity contribution < 1.29 is 19.4 Å². The number of urea groups is 1. The first-order valence-electron chi connectivity index (χ1n) is 18.7. The highest BCUT2D eigenvalue weighted by molar-refractivity contribution is 5.74. The highest BCUT2D eigenvalue weighted by Crippen LogP contribution is 2.42. The Morgan fingerprint density at radius 2 is 1.25 bits per heavy atom. The summed E-state index contributed by atoms with van der Waals surface area (Å²) in [7, 11) is 0. The third-order valence-electron chi connectivity index (χ3n) is 10.4. The molecule has 0 aliphatic carbocycles. The van der Waals surface area contributed by atoms with Crippen LogP contribution in [0.25, 0.3) is 11.1 Å². The predicted octanol–water partition coefficient (Wildman–Crippen LogP) is 7.45. The summed E-state index contributed by atoms with van der Waals surface area (Å²) >= 11 is 0. The molecular weight excluding hydrogens is 661 g/mol. The summed E-state index contributed by atoms with van der Waals surface area (Å²) in [5.74, 6) is 0.117. The van der Waals surface area contributed by atoms with Gasteiger partial charge in [0.25, 0.3) is 0 Å². The lowest BCUT2D eigenvalue weighted by Crippen LogP contribution is -2.51. The van der Waals surface area contributed by atoms with Crippen molar-refractivity contribution in [2.45, 2.75) is 51.7 Å². The summed E-state index contributed by atoms with van der Waals surface area (Å²) in [6, 6.07) is 45.2. The van der Waals surface area contributed by atoms with Crippen LogP contribution in [0.5, 0.6) is 0 Å². The molecule has 2 aliphatic heterocycles. The number of aliphatic hydroxyl groups excluding tert-OH is 1. The number of ether oxygens (including phenoxy) is 2. The predicted molar refractivity (Wildman–Crippen MR) is 209 cm³/mol. The molecule has 7 rings (SSSR count). The van der Waals surface area contributed by atoms with Crippen molar-refractivity contribution >= 4 is 6.03 Å². The maximum absolute atomic E-state index is 12.5. The lowest BCUT2D eigenvalue weighted by Gasteiger charge is -2.44. The topological polar surface area (TPSA) is 86.3 Å². The Hall–Kier alpha value is -4.83. The maximum Gasteiger partial charge on any atom is 0.315 e. The Balaban J connectivity index is 1.03. The van der Waals surface area contributed by atoms with E-state index in [1.54, 1.807) is 0 Å². The monoisotopic (exact) mass is 710 g/mol. The number of benzene rings is 5. The van der Waals surface area contributed by atoms with Crippen molar-refractivity contribution in [3.8, 4) is 11.1 Å². The molecule has 2 aliphatic rings. The lowest BCUT2D eigenvalue weighted by atomic mass is 9.89. The van der Waals surface area contributed by atoms with Gasteiger partial charge in [0, 0.05) is 63.8 Å². The SMILES string of the molecule is C[C@H]1[C@@H](CN2CCN(Cc3ccccc3)CC2)O[C@@H](c2cccc(-c3cccc(CNC(=O)NCc4ccccc4)c3)c2)O[C@H]1c1ccc(CO)cc1. The summed E-state index contributed by atoms with van der Waals surface area (Å²) in [6.07, 6.45) is -0.754. The highest BCUT2D eigenvalue weighted by atomic mass is 16.7. The van der Waals surface area contributed by atoms with Gasteiger partial charge in [0.05, 0.1) is 18.8 Å². The first-order valence-corrected chi connectivity index (χ1v) is 18.7. The van der Waals surface area contributed by atoms with Crippen LogP contribution in [-0.2, 0) is 35.7 Å².